The molecule has 9 nitrogen and oxygen atoms in total. The van der Waals surface area contributed by atoms with E-state index in [1.807, 2.05) is 12.3 Å². The number of aliphatic carboxylic acids is 1. The summed E-state index contributed by atoms with van der Waals surface area (Å²) in [4.78, 5) is 25.6. The molecule has 4 rings (SSSR count). The molecular weight excluding hydrogens is 557 g/mol. The summed E-state index contributed by atoms with van der Waals surface area (Å²) in [6.45, 7) is 6.54. The van der Waals surface area contributed by atoms with Gasteiger partial charge in [0.25, 0.3) is 5.91 Å². The quantitative estimate of drug-likeness (QED) is 0.309. The van der Waals surface area contributed by atoms with Gasteiger partial charge in [0, 0.05) is 36.1 Å². The Bertz CT molecular complexity index is 1430. The van der Waals surface area contributed by atoms with Gasteiger partial charge < -0.3 is 21.1 Å². The van der Waals surface area contributed by atoms with Crippen LogP contribution in [0.1, 0.15) is 53.4 Å². The van der Waals surface area contributed by atoms with E-state index in [2.05, 4.69) is 34.7 Å². The van der Waals surface area contributed by atoms with Gasteiger partial charge in [0.05, 0.1) is 16.8 Å². The predicted molar refractivity (Wildman–Crippen MR) is 144 cm³/mol. The van der Waals surface area contributed by atoms with Crippen molar-refractivity contribution in [2.45, 2.75) is 45.3 Å². The molecule has 1 fully saturated rings. The lowest BCUT2D eigenvalue weighted by Gasteiger charge is -2.31. The average molecular weight is 589 g/mol. The lowest BCUT2D eigenvalue weighted by molar-refractivity contribution is -0.192. The number of amides is 1. The fraction of sp³-hybridized carbons (Fsp3) is 0.440. The summed E-state index contributed by atoms with van der Waals surface area (Å²) in [6.07, 6.45) is -1.61. The third kappa shape index (κ3) is 7.38. The number of fused-ring (bicyclic) bond motifs is 1. The van der Waals surface area contributed by atoms with Crippen molar-refractivity contribution in [2.24, 2.45) is 5.73 Å². The largest absolute Gasteiger partial charge is 0.490 e. The zero-order valence-electron chi connectivity index (χ0n) is 21.5. The number of H-pyrrole nitrogens is 1. The molecule has 1 aromatic carbocycles. The van der Waals surface area contributed by atoms with Crippen LogP contribution in [0.5, 0.6) is 0 Å². The van der Waals surface area contributed by atoms with Crippen LogP contribution >= 0.6 is 11.3 Å². The van der Waals surface area contributed by atoms with Gasteiger partial charge in [-0.3, -0.25) is 4.79 Å². The van der Waals surface area contributed by atoms with E-state index in [0.29, 0.717) is 18.7 Å². The van der Waals surface area contributed by atoms with Gasteiger partial charge in [-0.15, -0.1) is 11.3 Å². The zero-order valence-corrected chi connectivity index (χ0v) is 23.1. The first kappa shape index (κ1) is 30.6. The number of carbonyl (C=O) groups is 2. The topological polar surface area (TPSA) is 146 Å². The minimum atomic E-state index is -5.08. The van der Waals surface area contributed by atoms with Crippen LogP contribution in [0.15, 0.2) is 29.8 Å². The van der Waals surface area contributed by atoms with Crippen molar-refractivity contribution in [3.63, 3.8) is 0 Å². The highest BCUT2D eigenvalue weighted by Crippen LogP contribution is 2.38. The van der Waals surface area contributed by atoms with Crippen molar-refractivity contribution in [3.8, 4) is 11.1 Å². The number of carbonyl (C=O) groups excluding carboxylic acids is 1. The van der Waals surface area contributed by atoms with E-state index in [1.54, 1.807) is 22.6 Å². The molecule has 3 aromatic rings. The van der Waals surface area contributed by atoms with E-state index in [0.717, 1.165) is 53.5 Å². The number of carboxylic acids is 1. The molecule has 0 unspecified atom stereocenters. The van der Waals surface area contributed by atoms with Crippen LogP contribution in [-0.2, 0) is 21.4 Å². The molecule has 1 aliphatic rings. The molecule has 1 aliphatic heterocycles. The molecule has 0 saturated carbocycles. The molecule has 214 valence electrons. The number of nitrogens with one attached hydrogen (secondary N) is 2. The highest BCUT2D eigenvalue weighted by atomic mass is 32.2. The molecule has 1 saturated heterocycles. The minimum Gasteiger partial charge on any atom is -0.475 e. The fourth-order valence-electron chi connectivity index (χ4n) is 4.45. The second-order valence-electron chi connectivity index (χ2n) is 9.01. The Morgan fingerprint density at radius 3 is 2.36 bits per heavy atom. The molecule has 0 atom stereocenters. The molecule has 14 heteroatoms. The zero-order chi connectivity index (χ0) is 29.0. The average Bonchev–Trinajstić information content (AvgIpc) is 3.54. The third-order valence-electron chi connectivity index (χ3n) is 6.52. The van der Waals surface area contributed by atoms with E-state index in [9.17, 15) is 26.4 Å². The Kier molecular flexibility index (Phi) is 9.80. The number of carboxylic acid groups (broad SMARTS) is 1. The van der Waals surface area contributed by atoms with E-state index in [1.165, 1.54) is 4.88 Å². The van der Waals surface area contributed by atoms with Crippen LogP contribution in [0.2, 0.25) is 0 Å². The number of halogens is 3. The summed E-state index contributed by atoms with van der Waals surface area (Å²) in [5.41, 5.74) is 10.1. The van der Waals surface area contributed by atoms with Gasteiger partial charge >= 0.3 is 12.1 Å². The number of primary amides is 1. The first-order valence-corrected chi connectivity index (χ1v) is 14.8. The Balaban J connectivity index is 0.000000532. The van der Waals surface area contributed by atoms with Gasteiger partial charge in [-0.25, -0.2) is 17.5 Å². The van der Waals surface area contributed by atoms with Crippen molar-refractivity contribution in [2.75, 3.05) is 25.4 Å². The Morgan fingerprint density at radius 2 is 1.82 bits per heavy atom. The van der Waals surface area contributed by atoms with Crippen LogP contribution in [0.25, 0.3) is 22.0 Å². The van der Waals surface area contributed by atoms with Gasteiger partial charge in [0.2, 0.25) is 10.0 Å². The lowest BCUT2D eigenvalue weighted by atomic mass is 9.88. The highest BCUT2D eigenvalue weighted by molar-refractivity contribution is 7.89. The van der Waals surface area contributed by atoms with Crippen LogP contribution in [0.3, 0.4) is 0 Å². The monoisotopic (exact) mass is 588 g/mol. The van der Waals surface area contributed by atoms with Gasteiger partial charge in [0.1, 0.15) is 0 Å². The van der Waals surface area contributed by atoms with Crippen molar-refractivity contribution >= 4 is 44.1 Å². The summed E-state index contributed by atoms with van der Waals surface area (Å²) in [5.74, 6) is -2.86. The summed E-state index contributed by atoms with van der Waals surface area (Å²) in [7, 11) is -3.16. The Morgan fingerprint density at radius 1 is 1.18 bits per heavy atom. The normalized spacial score (nSPS) is 15.2. The van der Waals surface area contributed by atoms with Gasteiger partial charge in [-0.05, 0) is 72.5 Å². The minimum absolute atomic E-state index is 0.131. The number of thiophene rings is 1. The molecule has 1 amide bonds. The summed E-state index contributed by atoms with van der Waals surface area (Å²) in [6, 6.07) is 6.14. The van der Waals surface area contributed by atoms with E-state index < -0.39 is 28.1 Å². The maximum atomic E-state index is 12.2. The van der Waals surface area contributed by atoms with Crippen LogP contribution < -0.4 is 11.1 Å². The number of aromatic amines is 1. The van der Waals surface area contributed by atoms with Gasteiger partial charge in [0.15, 0.2) is 0 Å². The summed E-state index contributed by atoms with van der Waals surface area (Å²) < 4.78 is 57.8. The number of nitrogens with two attached hydrogens (primary N) is 1. The third-order valence-corrected chi connectivity index (χ3v) is 9.34. The number of hydrogen-bond donors (Lipinski definition) is 4. The van der Waals surface area contributed by atoms with Crippen molar-refractivity contribution in [1.82, 2.24) is 14.6 Å². The van der Waals surface area contributed by atoms with Crippen LogP contribution in [0.4, 0.5) is 13.2 Å². The molecule has 3 heterocycles. The predicted octanol–water partition coefficient (Wildman–Crippen LogP) is 4.27. The number of nitrogens with zero attached hydrogens (tertiary/aromatic N) is 1. The summed E-state index contributed by atoms with van der Waals surface area (Å²) >= 11 is 1.69. The number of sulfonamides is 1. The molecular formula is C25H31F3N4O5S2. The molecule has 0 spiro atoms. The SMILES string of the molecule is CCNCc1cc(-c2cc(C(N)=O)c3[nH]cc(C4CCN(S(=O)(=O)CC)CC4)c3c2)cs1.O=C(O)C(F)(F)F. The molecule has 2 aromatic heterocycles. The Labute approximate surface area is 228 Å². The molecule has 0 aliphatic carbocycles. The van der Waals surface area contributed by atoms with Crippen molar-refractivity contribution in [3.05, 3.63) is 45.8 Å². The highest BCUT2D eigenvalue weighted by Gasteiger charge is 2.38. The van der Waals surface area contributed by atoms with E-state index in [-0.39, 0.29) is 11.7 Å². The Hall–Kier alpha value is -2.94. The molecule has 0 radical (unpaired) electrons. The van der Waals surface area contributed by atoms with E-state index in [4.69, 9.17) is 15.6 Å². The van der Waals surface area contributed by atoms with Crippen molar-refractivity contribution in [1.29, 1.82) is 0 Å². The molecule has 39 heavy (non-hydrogen) atoms. The summed E-state index contributed by atoms with van der Waals surface area (Å²) in [5, 5.41) is 13.6. The molecule has 5 N–H and O–H groups in total. The second kappa shape index (κ2) is 12.5. The van der Waals surface area contributed by atoms with Crippen molar-refractivity contribution < 1.29 is 36.3 Å². The van der Waals surface area contributed by atoms with Gasteiger partial charge in [-0.2, -0.15) is 13.2 Å². The number of rotatable bonds is 8. The standard InChI is InChI=1S/C23H30N4O3S2.C2HF3O2/c1-3-25-12-18-9-17(14-31-18)16-10-19-21(13-26-22(19)20(11-16)23(24)28)15-5-7-27(8-6-15)32(29,30)4-2;3-2(4,5)1(6)7/h9-11,13-15,25-26H,3-8,12H2,1-2H3,(H2,24,28);(H,6,7). The van der Waals surface area contributed by atoms with E-state index >= 15 is 0 Å². The first-order chi connectivity index (χ1) is 18.3. The second-order valence-corrected chi connectivity index (χ2v) is 12.3. The smallest absolute Gasteiger partial charge is 0.475 e. The number of hydrogen-bond acceptors (Lipinski definition) is 6. The fourth-order valence-corrected chi connectivity index (χ4v) is 6.45. The van der Waals surface area contributed by atoms with Gasteiger partial charge in [-0.1, -0.05) is 6.92 Å². The van der Waals surface area contributed by atoms with Crippen LogP contribution in [-0.4, -0.2) is 66.3 Å². The first-order valence-electron chi connectivity index (χ1n) is 12.3. The maximum absolute atomic E-state index is 12.2. The number of piperidine rings is 1. The number of alkyl halides is 3. The molecule has 0 bridgehead atoms. The number of benzene rings is 1. The lowest BCUT2D eigenvalue weighted by Crippen LogP contribution is -2.38. The van der Waals surface area contributed by atoms with Crippen LogP contribution in [0, 0.1) is 0 Å². The number of aromatic nitrogens is 1. The maximum Gasteiger partial charge on any atom is 0.490 e.